The van der Waals surface area contributed by atoms with Crippen molar-refractivity contribution in [2.24, 2.45) is 7.05 Å². The van der Waals surface area contributed by atoms with Crippen LogP contribution in [0.25, 0.3) is 10.9 Å². The second kappa shape index (κ2) is 10.8. The second-order valence-electron chi connectivity index (χ2n) is 6.32. The summed E-state index contributed by atoms with van der Waals surface area (Å²) in [7, 11) is 1.83. The Bertz CT molecular complexity index is 973. The van der Waals surface area contributed by atoms with Crippen molar-refractivity contribution in [3.63, 3.8) is 0 Å². The first-order valence-corrected chi connectivity index (χ1v) is 8.80. The number of rotatable bonds is 1. The number of piperazine rings is 1. The highest BCUT2D eigenvalue weighted by Gasteiger charge is 2.38. The van der Waals surface area contributed by atoms with Crippen molar-refractivity contribution in [2.45, 2.75) is 12.4 Å². The number of benzene rings is 1. The Hall–Kier alpha value is -3.29. The van der Waals surface area contributed by atoms with E-state index in [2.05, 4.69) is 28.4 Å². The lowest BCUT2D eigenvalue weighted by molar-refractivity contribution is -0.193. The molecule has 0 unspecified atom stereocenters. The van der Waals surface area contributed by atoms with Crippen LogP contribution in [0.4, 0.5) is 32.0 Å². The van der Waals surface area contributed by atoms with E-state index in [1.165, 1.54) is 5.69 Å². The average Bonchev–Trinajstić information content (AvgIpc) is 2.71. The first-order valence-electron chi connectivity index (χ1n) is 8.80. The van der Waals surface area contributed by atoms with E-state index in [1.54, 1.807) is 10.6 Å². The van der Waals surface area contributed by atoms with Gasteiger partial charge in [-0.15, -0.1) is 0 Å². The monoisotopic (exact) mass is 471 g/mol. The molecule has 3 rings (SSSR count). The van der Waals surface area contributed by atoms with Gasteiger partial charge in [-0.3, -0.25) is 4.79 Å². The number of hydrogen-bond donors (Lipinski definition) is 3. The van der Waals surface area contributed by atoms with Crippen LogP contribution in [-0.2, 0) is 16.6 Å². The lowest BCUT2D eigenvalue weighted by Gasteiger charge is -2.29. The molecular formula is C18H19F6N3O5. The van der Waals surface area contributed by atoms with Gasteiger partial charge in [-0.1, -0.05) is 6.07 Å². The van der Waals surface area contributed by atoms with Gasteiger partial charge in [-0.2, -0.15) is 26.3 Å². The summed E-state index contributed by atoms with van der Waals surface area (Å²) >= 11 is 0. The molecule has 1 fully saturated rings. The number of nitrogens with one attached hydrogen (secondary N) is 1. The number of carboxylic acids is 2. The summed E-state index contributed by atoms with van der Waals surface area (Å²) in [5, 5.41) is 18.7. The number of alkyl halides is 6. The second-order valence-corrected chi connectivity index (χ2v) is 6.32. The van der Waals surface area contributed by atoms with Gasteiger partial charge in [0, 0.05) is 45.0 Å². The Morgan fingerprint density at radius 1 is 0.906 bits per heavy atom. The van der Waals surface area contributed by atoms with Crippen molar-refractivity contribution in [2.75, 3.05) is 31.1 Å². The summed E-state index contributed by atoms with van der Waals surface area (Å²) < 4.78 is 65.2. The van der Waals surface area contributed by atoms with E-state index in [0.717, 1.165) is 37.1 Å². The van der Waals surface area contributed by atoms with E-state index in [9.17, 15) is 31.1 Å². The molecule has 0 bridgehead atoms. The fourth-order valence-electron chi connectivity index (χ4n) is 2.47. The van der Waals surface area contributed by atoms with Crippen LogP contribution in [0.2, 0.25) is 0 Å². The molecule has 0 saturated carbocycles. The molecule has 3 N–H and O–H groups in total. The van der Waals surface area contributed by atoms with Crippen molar-refractivity contribution in [1.82, 2.24) is 9.88 Å². The molecule has 0 aliphatic carbocycles. The number of aryl methyl sites for hydroxylation is 1. The normalized spacial score (nSPS) is 14.0. The van der Waals surface area contributed by atoms with E-state index < -0.39 is 24.3 Å². The van der Waals surface area contributed by atoms with Crippen LogP contribution in [0.1, 0.15) is 0 Å². The molecule has 1 aliphatic heterocycles. The number of carboxylic acid groups (broad SMARTS) is 2. The Labute approximate surface area is 176 Å². The Morgan fingerprint density at radius 2 is 1.34 bits per heavy atom. The van der Waals surface area contributed by atoms with Gasteiger partial charge in [0.15, 0.2) is 0 Å². The van der Waals surface area contributed by atoms with Crippen LogP contribution in [0.15, 0.2) is 35.1 Å². The summed E-state index contributed by atoms with van der Waals surface area (Å²) in [5.74, 6) is -5.51. The van der Waals surface area contributed by atoms with Crippen LogP contribution < -0.4 is 15.8 Å². The summed E-state index contributed by atoms with van der Waals surface area (Å²) in [6.07, 6.45) is -10.2. The quantitative estimate of drug-likeness (QED) is 0.547. The maximum Gasteiger partial charge on any atom is 0.490 e. The van der Waals surface area contributed by atoms with Gasteiger partial charge in [0.2, 0.25) is 0 Å². The van der Waals surface area contributed by atoms with Crippen LogP contribution in [0.3, 0.4) is 0 Å². The smallest absolute Gasteiger partial charge is 0.475 e. The van der Waals surface area contributed by atoms with Gasteiger partial charge in [0.05, 0.1) is 5.52 Å². The molecule has 2 aromatic rings. The number of aliphatic carboxylic acids is 2. The largest absolute Gasteiger partial charge is 0.490 e. The van der Waals surface area contributed by atoms with Gasteiger partial charge in [-0.05, 0) is 23.6 Å². The number of carbonyl (C=O) groups is 2. The van der Waals surface area contributed by atoms with Crippen molar-refractivity contribution in [3.8, 4) is 0 Å². The number of fused-ring (bicyclic) bond motifs is 1. The molecule has 1 aliphatic rings. The highest BCUT2D eigenvalue weighted by atomic mass is 19.4. The molecule has 0 atom stereocenters. The summed E-state index contributed by atoms with van der Waals surface area (Å²) in [4.78, 5) is 31.8. The van der Waals surface area contributed by atoms with E-state index in [4.69, 9.17) is 19.8 Å². The molecule has 1 saturated heterocycles. The van der Waals surface area contributed by atoms with E-state index in [0.29, 0.717) is 0 Å². The Balaban J connectivity index is 0.000000305. The molecule has 8 nitrogen and oxygen atoms in total. The minimum absolute atomic E-state index is 0.0416. The highest BCUT2D eigenvalue weighted by molar-refractivity contribution is 5.82. The third-order valence-electron chi connectivity index (χ3n) is 4.08. The summed E-state index contributed by atoms with van der Waals surface area (Å²) in [5.41, 5.74) is 2.24. The number of anilines is 1. The zero-order valence-electron chi connectivity index (χ0n) is 16.5. The summed E-state index contributed by atoms with van der Waals surface area (Å²) in [6.45, 7) is 4.08. The van der Waals surface area contributed by atoms with Crippen molar-refractivity contribution >= 4 is 28.5 Å². The van der Waals surface area contributed by atoms with E-state index in [1.807, 2.05) is 13.1 Å². The van der Waals surface area contributed by atoms with Crippen molar-refractivity contribution in [3.05, 3.63) is 40.7 Å². The van der Waals surface area contributed by atoms with E-state index >= 15 is 0 Å². The molecule has 32 heavy (non-hydrogen) atoms. The highest BCUT2D eigenvalue weighted by Crippen LogP contribution is 2.21. The van der Waals surface area contributed by atoms with Gasteiger partial charge in [-0.25, -0.2) is 9.59 Å². The fourth-order valence-corrected chi connectivity index (χ4v) is 2.47. The minimum atomic E-state index is -5.08. The van der Waals surface area contributed by atoms with Crippen molar-refractivity contribution < 1.29 is 46.1 Å². The number of nitrogens with zero attached hydrogens (tertiary/aromatic N) is 2. The van der Waals surface area contributed by atoms with Crippen LogP contribution in [-0.4, -0.2) is 65.3 Å². The molecule has 1 aromatic carbocycles. The molecule has 0 amide bonds. The minimum Gasteiger partial charge on any atom is -0.475 e. The van der Waals surface area contributed by atoms with Gasteiger partial charge < -0.3 is 25.0 Å². The first kappa shape index (κ1) is 26.7. The third-order valence-corrected chi connectivity index (χ3v) is 4.08. The first-order chi connectivity index (χ1) is 14.6. The third kappa shape index (κ3) is 8.09. The summed E-state index contributed by atoms with van der Waals surface area (Å²) in [6, 6.07) is 9.85. The molecule has 0 spiro atoms. The Kier molecular flexibility index (Phi) is 9.06. The van der Waals surface area contributed by atoms with Gasteiger partial charge in [0.1, 0.15) is 0 Å². The van der Waals surface area contributed by atoms with Crippen LogP contribution in [0.5, 0.6) is 0 Å². The number of hydrogen-bond acceptors (Lipinski definition) is 5. The molecule has 0 radical (unpaired) electrons. The maximum atomic E-state index is 11.7. The molecule has 14 heteroatoms. The van der Waals surface area contributed by atoms with Crippen molar-refractivity contribution in [1.29, 1.82) is 0 Å². The van der Waals surface area contributed by atoms with Gasteiger partial charge in [0.25, 0.3) is 5.56 Å². The Morgan fingerprint density at radius 3 is 1.78 bits per heavy atom. The van der Waals surface area contributed by atoms with Gasteiger partial charge >= 0.3 is 24.3 Å². The molecular weight excluding hydrogens is 452 g/mol. The van der Waals surface area contributed by atoms with Crippen LogP contribution in [0, 0.1) is 0 Å². The molecule has 178 valence electrons. The lowest BCUT2D eigenvalue weighted by Crippen LogP contribution is -2.43. The topological polar surface area (TPSA) is 112 Å². The predicted octanol–water partition coefficient (Wildman–Crippen LogP) is 2.21. The maximum absolute atomic E-state index is 11.7. The SMILES string of the molecule is Cn1c(=O)ccc2ccc(N3CCNCC3)cc21.O=C(O)C(F)(F)F.O=C(O)C(F)(F)F. The standard InChI is InChI=1S/C14H17N3O.2C2HF3O2/c1-16-13-10-12(17-8-6-15-7-9-17)4-2-11(13)3-5-14(16)18;2*3-2(4,5)1(6)7/h2-5,10,15H,6-9H2,1H3;2*(H,6,7). The number of halogens is 6. The average molecular weight is 471 g/mol. The fraction of sp³-hybridized carbons (Fsp3) is 0.389. The predicted molar refractivity (Wildman–Crippen MR) is 102 cm³/mol. The number of aromatic nitrogens is 1. The zero-order chi connectivity index (χ0) is 24.7. The molecule has 2 heterocycles. The molecule has 1 aromatic heterocycles. The van der Waals surface area contributed by atoms with E-state index in [-0.39, 0.29) is 5.56 Å². The zero-order valence-corrected chi connectivity index (χ0v) is 16.5. The lowest BCUT2D eigenvalue weighted by atomic mass is 10.1. The number of pyridine rings is 1. The van der Waals surface area contributed by atoms with Crippen LogP contribution >= 0.6 is 0 Å².